The van der Waals surface area contributed by atoms with E-state index >= 15 is 0 Å². The number of hydrogen-bond acceptors (Lipinski definition) is 4. The third kappa shape index (κ3) is 5.42. The summed E-state index contributed by atoms with van der Waals surface area (Å²) in [6.45, 7) is 13.6. The van der Waals surface area contributed by atoms with Crippen molar-refractivity contribution < 1.29 is 26.0 Å². The van der Waals surface area contributed by atoms with E-state index in [0.29, 0.717) is 16.6 Å². The minimum absolute atomic E-state index is 0.291. The second kappa shape index (κ2) is 8.48. The van der Waals surface area contributed by atoms with E-state index in [0.717, 1.165) is 0 Å². The molecule has 0 amide bonds. The van der Waals surface area contributed by atoms with Gasteiger partial charge < -0.3 is 10.2 Å². The molecule has 0 bridgehead atoms. The Labute approximate surface area is 144 Å². The van der Waals surface area contributed by atoms with E-state index in [1.807, 2.05) is 0 Å². The van der Waals surface area contributed by atoms with Gasteiger partial charge in [0.15, 0.2) is 0 Å². The lowest BCUT2D eigenvalue weighted by Gasteiger charge is -2.45. The number of halogens is 3. The van der Waals surface area contributed by atoms with Crippen molar-refractivity contribution in [3.05, 3.63) is 0 Å². The Balaban J connectivity index is 5.11. The van der Waals surface area contributed by atoms with Crippen molar-refractivity contribution in [2.45, 2.75) is 82.7 Å². The summed E-state index contributed by atoms with van der Waals surface area (Å²) in [5.74, 6) is 0. The maximum atomic E-state index is 12.4. The smallest absolute Gasteiger partial charge is 0.412 e. The molecule has 0 aliphatic carbocycles. The standard InChI is InChI=1S/C14H31F3N2O3SSi/c1-9(2)24(10(3)4,11(5)6)22-12(7)13(18)8-19-23(20,21)14(15,16)17/h9-13,19H,8,18H2,1-7H3/t12-,13-/m1/s1. The van der Waals surface area contributed by atoms with E-state index in [-0.39, 0.29) is 0 Å². The fourth-order valence-corrected chi connectivity index (χ4v) is 9.48. The molecule has 0 fully saturated rings. The molecule has 24 heavy (non-hydrogen) atoms. The van der Waals surface area contributed by atoms with Crippen LogP contribution in [0.5, 0.6) is 0 Å². The van der Waals surface area contributed by atoms with E-state index in [2.05, 4.69) is 41.5 Å². The molecule has 0 saturated heterocycles. The molecular weight excluding hydrogens is 361 g/mol. The predicted molar refractivity (Wildman–Crippen MR) is 92.5 cm³/mol. The molecule has 10 heteroatoms. The summed E-state index contributed by atoms with van der Waals surface area (Å²) in [5, 5.41) is 0. The molecule has 5 nitrogen and oxygen atoms in total. The zero-order valence-electron chi connectivity index (χ0n) is 15.4. The highest BCUT2D eigenvalue weighted by molar-refractivity contribution is 7.90. The van der Waals surface area contributed by atoms with Crippen LogP contribution in [0.1, 0.15) is 48.5 Å². The first-order chi connectivity index (χ1) is 10.6. The van der Waals surface area contributed by atoms with Crippen molar-refractivity contribution >= 4 is 18.3 Å². The molecule has 0 aromatic rings. The zero-order valence-corrected chi connectivity index (χ0v) is 17.3. The minimum atomic E-state index is -5.39. The summed E-state index contributed by atoms with van der Waals surface area (Å²) >= 11 is 0. The second-order valence-corrected chi connectivity index (χ2v) is 14.3. The highest BCUT2D eigenvalue weighted by Gasteiger charge is 2.48. The first kappa shape index (κ1) is 23.8. The largest absolute Gasteiger partial charge is 0.511 e. The van der Waals surface area contributed by atoms with E-state index in [9.17, 15) is 21.6 Å². The minimum Gasteiger partial charge on any atom is -0.412 e. The summed E-state index contributed by atoms with van der Waals surface area (Å²) in [4.78, 5) is 0. The molecule has 3 N–H and O–H groups in total. The topological polar surface area (TPSA) is 81.4 Å². The maximum absolute atomic E-state index is 12.4. The van der Waals surface area contributed by atoms with Gasteiger partial charge in [-0.15, -0.1) is 0 Å². The van der Waals surface area contributed by atoms with Crippen LogP contribution in [-0.4, -0.2) is 40.9 Å². The molecule has 0 saturated carbocycles. The molecule has 2 atom stereocenters. The van der Waals surface area contributed by atoms with Crippen molar-refractivity contribution in [3.63, 3.8) is 0 Å². The highest BCUT2D eigenvalue weighted by atomic mass is 32.2. The predicted octanol–water partition coefficient (Wildman–Crippen LogP) is 3.33. The number of nitrogens with two attached hydrogens (primary N) is 1. The van der Waals surface area contributed by atoms with Gasteiger partial charge in [0.2, 0.25) is 8.32 Å². The van der Waals surface area contributed by atoms with Crippen molar-refractivity contribution in [1.29, 1.82) is 0 Å². The molecule has 0 aromatic heterocycles. The molecule has 0 aliphatic rings. The van der Waals surface area contributed by atoms with Crippen molar-refractivity contribution in [1.82, 2.24) is 4.72 Å². The molecule has 0 aromatic carbocycles. The lowest BCUT2D eigenvalue weighted by molar-refractivity contribution is -0.0448. The highest BCUT2D eigenvalue weighted by Crippen LogP contribution is 2.43. The first-order valence-electron chi connectivity index (χ1n) is 8.08. The van der Waals surface area contributed by atoms with Crippen LogP contribution < -0.4 is 10.5 Å². The summed E-state index contributed by atoms with van der Waals surface area (Å²) < 4.78 is 67.0. The summed E-state index contributed by atoms with van der Waals surface area (Å²) in [5.41, 5.74) is 1.41. The maximum Gasteiger partial charge on any atom is 0.511 e. The third-order valence-electron chi connectivity index (χ3n) is 4.51. The van der Waals surface area contributed by atoms with Gasteiger partial charge in [0.1, 0.15) is 0 Å². The normalized spacial score (nSPS) is 16.9. The van der Waals surface area contributed by atoms with Crippen LogP contribution in [-0.2, 0) is 14.4 Å². The number of nitrogens with one attached hydrogen (secondary N) is 1. The molecule has 0 heterocycles. The Kier molecular flexibility index (Phi) is 8.42. The molecule has 146 valence electrons. The Morgan fingerprint density at radius 1 is 1.00 bits per heavy atom. The van der Waals surface area contributed by atoms with Gasteiger partial charge in [-0.3, -0.25) is 0 Å². The van der Waals surface area contributed by atoms with Gasteiger partial charge in [-0.2, -0.15) is 13.2 Å². The lowest BCUT2D eigenvalue weighted by atomic mass is 10.2. The van der Waals surface area contributed by atoms with Crippen LogP contribution in [0.25, 0.3) is 0 Å². The Hall–Kier alpha value is -0.163. The first-order valence-corrected chi connectivity index (χ1v) is 11.7. The van der Waals surface area contributed by atoms with Crippen LogP contribution in [0, 0.1) is 0 Å². The monoisotopic (exact) mass is 392 g/mol. The van der Waals surface area contributed by atoms with Gasteiger partial charge in [0.25, 0.3) is 0 Å². The van der Waals surface area contributed by atoms with Crippen LogP contribution >= 0.6 is 0 Å². The zero-order chi connectivity index (χ0) is 19.5. The molecule has 0 rings (SSSR count). The SMILES string of the molecule is CC(C)[Si](O[C@H](C)[C@H](N)CNS(=O)(=O)C(F)(F)F)(C(C)C)C(C)C. The molecule has 0 spiro atoms. The van der Waals surface area contributed by atoms with Crippen LogP contribution in [0.4, 0.5) is 13.2 Å². The Morgan fingerprint density at radius 2 is 1.38 bits per heavy atom. The van der Waals surface area contributed by atoms with Crippen LogP contribution in [0.3, 0.4) is 0 Å². The Morgan fingerprint density at radius 3 is 1.67 bits per heavy atom. The van der Waals surface area contributed by atoms with Crippen LogP contribution in [0.15, 0.2) is 0 Å². The van der Waals surface area contributed by atoms with Gasteiger partial charge in [0, 0.05) is 12.6 Å². The van der Waals surface area contributed by atoms with Crippen molar-refractivity contribution in [2.75, 3.05) is 6.54 Å². The Bertz CT molecular complexity index is 474. The van der Waals surface area contributed by atoms with Gasteiger partial charge in [0.05, 0.1) is 6.10 Å². The lowest BCUT2D eigenvalue weighted by Crippen LogP contribution is -2.55. The molecule has 0 aliphatic heterocycles. The fourth-order valence-electron chi connectivity index (χ4n) is 3.27. The van der Waals surface area contributed by atoms with Gasteiger partial charge >= 0.3 is 15.5 Å². The number of hydrogen-bond donors (Lipinski definition) is 2. The fraction of sp³-hybridized carbons (Fsp3) is 1.00. The molecule has 0 unspecified atom stereocenters. The second-order valence-electron chi connectivity index (χ2n) is 7.10. The van der Waals surface area contributed by atoms with Crippen molar-refractivity contribution in [2.24, 2.45) is 5.73 Å². The summed E-state index contributed by atoms with van der Waals surface area (Å²) in [6, 6.07) is -0.870. The van der Waals surface area contributed by atoms with E-state index in [1.165, 1.54) is 4.72 Å². The average Bonchev–Trinajstić information content (AvgIpc) is 2.39. The average molecular weight is 393 g/mol. The van der Waals surface area contributed by atoms with Crippen LogP contribution in [0.2, 0.25) is 16.6 Å². The van der Waals surface area contributed by atoms with Gasteiger partial charge in [-0.25, -0.2) is 13.1 Å². The van der Waals surface area contributed by atoms with Gasteiger partial charge in [-0.1, -0.05) is 41.5 Å². The number of sulfonamides is 1. The molecule has 0 radical (unpaired) electrons. The number of alkyl halides is 3. The van der Waals surface area contributed by atoms with E-state index in [4.69, 9.17) is 10.2 Å². The molecular formula is C14H31F3N2O3SSi. The van der Waals surface area contributed by atoms with E-state index in [1.54, 1.807) is 6.92 Å². The summed E-state index contributed by atoms with van der Waals surface area (Å²) in [7, 11) is -7.64. The summed E-state index contributed by atoms with van der Waals surface area (Å²) in [6.07, 6.45) is -0.556. The van der Waals surface area contributed by atoms with Gasteiger partial charge in [-0.05, 0) is 23.5 Å². The van der Waals surface area contributed by atoms with Crippen molar-refractivity contribution in [3.8, 4) is 0 Å². The number of rotatable bonds is 9. The quantitative estimate of drug-likeness (QED) is 0.590. The van der Waals surface area contributed by atoms with E-state index < -0.39 is 42.5 Å². The third-order valence-corrected chi connectivity index (χ3v) is 11.9.